The van der Waals surface area contributed by atoms with Crippen molar-refractivity contribution in [1.82, 2.24) is 15.5 Å². The van der Waals surface area contributed by atoms with Crippen molar-refractivity contribution in [2.24, 2.45) is 0 Å². The fraction of sp³-hybridized carbons (Fsp3) is 0.560. The maximum absolute atomic E-state index is 13.5. The summed E-state index contributed by atoms with van der Waals surface area (Å²) >= 11 is 1.51. The van der Waals surface area contributed by atoms with E-state index in [0.29, 0.717) is 24.3 Å². The quantitative estimate of drug-likeness (QED) is 0.233. The molecule has 3 N–H and O–H groups in total. The molecule has 0 radical (unpaired) electrons. The summed E-state index contributed by atoms with van der Waals surface area (Å²) in [5.41, 5.74) is -0.383. The van der Waals surface area contributed by atoms with Crippen LogP contribution in [0.15, 0.2) is 24.3 Å². The lowest BCUT2D eigenvalue weighted by Gasteiger charge is -2.30. The van der Waals surface area contributed by atoms with E-state index >= 15 is 0 Å². The summed E-state index contributed by atoms with van der Waals surface area (Å²) in [5.74, 6) is -0.560. The third-order valence-corrected chi connectivity index (χ3v) is 5.39. The minimum atomic E-state index is -1.18. The summed E-state index contributed by atoms with van der Waals surface area (Å²) in [7, 11) is 0. The van der Waals surface area contributed by atoms with Crippen LogP contribution in [0.1, 0.15) is 65.0 Å². The van der Waals surface area contributed by atoms with Gasteiger partial charge in [-0.25, -0.2) is 4.79 Å². The maximum atomic E-state index is 13.5. The van der Waals surface area contributed by atoms with Crippen molar-refractivity contribution in [2.75, 3.05) is 18.6 Å². The predicted octanol–water partition coefficient (Wildman–Crippen LogP) is 3.81. The number of hydrogen-bond acceptors (Lipinski definition) is 6. The summed E-state index contributed by atoms with van der Waals surface area (Å²) in [5, 5.41) is 15.4. The number of unbranched alkanes of at least 4 members (excludes halogenated alkanes) is 2. The predicted molar refractivity (Wildman–Crippen MR) is 135 cm³/mol. The Morgan fingerprint density at radius 2 is 1.97 bits per heavy atom. The fourth-order valence-electron chi connectivity index (χ4n) is 3.17. The van der Waals surface area contributed by atoms with E-state index in [1.165, 1.54) is 23.9 Å². The van der Waals surface area contributed by atoms with Gasteiger partial charge in [0.2, 0.25) is 5.91 Å². The first-order chi connectivity index (χ1) is 16.0. The lowest BCUT2D eigenvalue weighted by molar-refractivity contribution is -0.138. The molecule has 188 valence electrons. The van der Waals surface area contributed by atoms with Crippen LogP contribution in [0.3, 0.4) is 0 Å². The van der Waals surface area contributed by atoms with Crippen LogP contribution in [0.25, 0.3) is 0 Å². The minimum absolute atomic E-state index is 0.0588. The van der Waals surface area contributed by atoms with Crippen LogP contribution >= 0.6 is 11.8 Å². The molecule has 3 amide bonds. The number of rotatable bonds is 12. The molecule has 1 rings (SSSR count). The number of carbonyl (C=O) groups excluding carboxylic acids is 3. The van der Waals surface area contributed by atoms with Crippen LogP contribution in [0.2, 0.25) is 0 Å². The van der Waals surface area contributed by atoms with Crippen molar-refractivity contribution in [1.29, 1.82) is 0 Å². The first-order valence-corrected chi connectivity index (χ1v) is 12.8. The average molecular weight is 492 g/mol. The Kier molecular flexibility index (Phi) is 12.4. The Morgan fingerprint density at radius 1 is 1.26 bits per heavy atom. The van der Waals surface area contributed by atoms with E-state index in [2.05, 4.69) is 23.6 Å². The highest BCUT2D eigenvalue weighted by Gasteiger charge is 2.35. The Hall–Kier alpha value is -2.86. The SMILES string of the molecule is C#CN(C(=O)C(CCSC)NC(=O)OC(C)(C)C)C(C(=O)NCCCCC)c1cccc(O)c1. The number of ether oxygens (including phenoxy) is 1. The van der Waals surface area contributed by atoms with E-state index in [1.807, 2.05) is 6.26 Å². The average Bonchev–Trinajstić information content (AvgIpc) is 2.75. The van der Waals surface area contributed by atoms with Crippen molar-refractivity contribution in [2.45, 2.75) is 71.1 Å². The van der Waals surface area contributed by atoms with E-state index in [0.717, 1.165) is 24.2 Å². The number of alkyl carbamates (subject to hydrolysis) is 1. The van der Waals surface area contributed by atoms with Crippen LogP contribution < -0.4 is 10.6 Å². The molecule has 2 unspecified atom stereocenters. The van der Waals surface area contributed by atoms with Gasteiger partial charge in [-0.05, 0) is 63.3 Å². The number of phenolic OH excluding ortho intramolecular Hbond substituents is 1. The number of nitrogens with one attached hydrogen (secondary N) is 2. The molecule has 0 saturated carbocycles. The van der Waals surface area contributed by atoms with Gasteiger partial charge in [0.15, 0.2) is 0 Å². The molecular weight excluding hydrogens is 454 g/mol. The van der Waals surface area contributed by atoms with Gasteiger partial charge in [0, 0.05) is 12.6 Å². The van der Waals surface area contributed by atoms with Gasteiger partial charge in [-0.15, -0.1) is 0 Å². The second-order valence-corrected chi connectivity index (χ2v) is 9.80. The van der Waals surface area contributed by atoms with Crippen LogP contribution in [-0.2, 0) is 14.3 Å². The molecule has 0 fully saturated rings. The van der Waals surface area contributed by atoms with Crippen molar-refractivity contribution >= 4 is 29.7 Å². The molecule has 0 aliphatic heterocycles. The van der Waals surface area contributed by atoms with Gasteiger partial charge in [0.25, 0.3) is 5.91 Å². The zero-order chi connectivity index (χ0) is 25.7. The second kappa shape index (κ2) is 14.4. The van der Waals surface area contributed by atoms with Gasteiger partial charge >= 0.3 is 6.09 Å². The normalized spacial score (nSPS) is 12.7. The highest BCUT2D eigenvalue weighted by molar-refractivity contribution is 7.98. The lowest BCUT2D eigenvalue weighted by atomic mass is 10.0. The van der Waals surface area contributed by atoms with Crippen molar-refractivity contribution in [3.63, 3.8) is 0 Å². The van der Waals surface area contributed by atoms with E-state index in [4.69, 9.17) is 11.2 Å². The van der Waals surface area contributed by atoms with E-state index in [-0.39, 0.29) is 5.75 Å². The molecule has 8 nitrogen and oxygen atoms in total. The fourth-order valence-corrected chi connectivity index (χ4v) is 3.64. The molecule has 9 heteroatoms. The number of terminal acetylenes is 1. The zero-order valence-corrected chi connectivity index (χ0v) is 21.5. The van der Waals surface area contributed by atoms with Gasteiger partial charge in [0.1, 0.15) is 23.4 Å². The molecule has 0 aromatic heterocycles. The number of thioether (sulfide) groups is 1. The Balaban J connectivity index is 3.25. The molecule has 34 heavy (non-hydrogen) atoms. The first-order valence-electron chi connectivity index (χ1n) is 11.4. The number of nitrogens with zero attached hydrogens (tertiary/aromatic N) is 1. The Bertz CT molecular complexity index is 863. The molecule has 0 heterocycles. The highest BCUT2D eigenvalue weighted by atomic mass is 32.2. The Morgan fingerprint density at radius 3 is 2.53 bits per heavy atom. The molecule has 1 aromatic carbocycles. The highest BCUT2D eigenvalue weighted by Crippen LogP contribution is 2.25. The number of aromatic hydroxyl groups is 1. The molecule has 0 saturated heterocycles. The summed E-state index contributed by atoms with van der Waals surface area (Å²) in [4.78, 5) is 40.1. The van der Waals surface area contributed by atoms with Crippen molar-refractivity contribution < 1.29 is 24.2 Å². The largest absolute Gasteiger partial charge is 0.508 e. The smallest absolute Gasteiger partial charge is 0.408 e. The molecule has 0 bridgehead atoms. The summed E-state index contributed by atoms with van der Waals surface area (Å²) < 4.78 is 5.30. The van der Waals surface area contributed by atoms with Gasteiger partial charge in [0.05, 0.1) is 0 Å². The van der Waals surface area contributed by atoms with Gasteiger partial charge in [-0.2, -0.15) is 11.8 Å². The van der Waals surface area contributed by atoms with E-state index in [9.17, 15) is 19.5 Å². The topological polar surface area (TPSA) is 108 Å². The summed E-state index contributed by atoms with van der Waals surface area (Å²) in [6, 6.07) is 6.20. The van der Waals surface area contributed by atoms with E-state index < -0.39 is 35.6 Å². The summed E-state index contributed by atoms with van der Waals surface area (Å²) in [6.45, 7) is 7.66. The molecule has 0 spiro atoms. The molecular formula is C25H37N3O5S. The Labute approximate surface area is 207 Å². The maximum Gasteiger partial charge on any atom is 0.408 e. The van der Waals surface area contributed by atoms with Crippen LogP contribution in [0, 0.1) is 12.5 Å². The summed E-state index contributed by atoms with van der Waals surface area (Å²) in [6.07, 6.45) is 9.89. The zero-order valence-electron chi connectivity index (χ0n) is 20.7. The molecule has 0 aliphatic rings. The minimum Gasteiger partial charge on any atom is -0.508 e. The molecule has 2 atom stereocenters. The van der Waals surface area contributed by atoms with Crippen LogP contribution in [0.4, 0.5) is 4.79 Å². The third-order valence-electron chi connectivity index (χ3n) is 4.75. The van der Waals surface area contributed by atoms with E-state index in [1.54, 1.807) is 32.9 Å². The number of hydrogen-bond donors (Lipinski definition) is 3. The third kappa shape index (κ3) is 9.96. The molecule has 0 aliphatic carbocycles. The van der Waals surface area contributed by atoms with Gasteiger partial charge in [-0.3, -0.25) is 14.5 Å². The van der Waals surface area contributed by atoms with Gasteiger partial charge < -0.3 is 20.5 Å². The number of carbonyl (C=O) groups is 3. The monoisotopic (exact) mass is 491 g/mol. The number of phenols is 1. The van der Waals surface area contributed by atoms with Crippen LogP contribution in [0.5, 0.6) is 5.75 Å². The van der Waals surface area contributed by atoms with Gasteiger partial charge in [-0.1, -0.05) is 38.3 Å². The standard InChI is InChI=1S/C25H37N3O5S/c1-7-9-10-15-26-22(30)21(18-12-11-13-19(29)17-18)28(8-2)23(31)20(14-16-34-6)27-24(32)33-25(3,4)5/h2,11-13,17,20-21,29H,7,9-10,14-16H2,1,3-6H3,(H,26,30)(H,27,32). The molecule has 1 aromatic rings. The lowest BCUT2D eigenvalue weighted by Crippen LogP contribution is -2.51. The van der Waals surface area contributed by atoms with Crippen molar-refractivity contribution in [3.8, 4) is 18.2 Å². The number of benzene rings is 1. The van der Waals surface area contributed by atoms with Crippen LogP contribution in [-0.4, -0.2) is 58.1 Å². The first kappa shape index (κ1) is 29.2. The van der Waals surface area contributed by atoms with Crippen molar-refractivity contribution in [3.05, 3.63) is 29.8 Å². The number of amides is 3. The second-order valence-electron chi connectivity index (χ2n) is 8.81.